The van der Waals surface area contributed by atoms with Gasteiger partial charge in [0.05, 0.1) is 6.20 Å². The standard InChI is InChI=1S/C21H25ClN6O2/c1-3-18(29)25-15-6-4-5-7-16(15)26-20-14(22)11-24-21(28-20)27-17-10-13(19(23)30)9-8-12(17)2/h3,8-11,15-16H,1,4-7H2,2H3,(H2,23,30)(H,25,29)(H2,24,26,27,28)/t15-,16-/m1/s1. The Morgan fingerprint density at radius 1 is 1.27 bits per heavy atom. The van der Waals surface area contributed by atoms with Gasteiger partial charge < -0.3 is 21.7 Å². The SMILES string of the molecule is C=CC(=O)N[C@@H]1CCCC[C@H]1Nc1nc(Nc2cc(C(N)=O)ccc2C)ncc1Cl. The Bertz CT molecular complexity index is 965. The van der Waals surface area contributed by atoms with E-state index in [4.69, 9.17) is 17.3 Å². The van der Waals surface area contributed by atoms with Gasteiger partial charge in [0.2, 0.25) is 17.8 Å². The van der Waals surface area contributed by atoms with Crippen LogP contribution in [0.3, 0.4) is 0 Å². The van der Waals surface area contributed by atoms with Crippen molar-refractivity contribution in [2.24, 2.45) is 5.73 Å². The van der Waals surface area contributed by atoms with E-state index in [2.05, 4.69) is 32.5 Å². The monoisotopic (exact) mass is 428 g/mol. The van der Waals surface area contributed by atoms with Gasteiger partial charge in [-0.2, -0.15) is 4.98 Å². The van der Waals surface area contributed by atoms with Crippen LogP contribution in [0.4, 0.5) is 17.5 Å². The van der Waals surface area contributed by atoms with E-state index in [1.807, 2.05) is 6.92 Å². The van der Waals surface area contributed by atoms with Crippen molar-refractivity contribution < 1.29 is 9.59 Å². The third kappa shape index (κ3) is 5.27. The highest BCUT2D eigenvalue weighted by Crippen LogP contribution is 2.27. The van der Waals surface area contributed by atoms with E-state index in [1.165, 1.54) is 12.3 Å². The van der Waals surface area contributed by atoms with E-state index in [9.17, 15) is 9.59 Å². The number of nitrogens with one attached hydrogen (secondary N) is 3. The van der Waals surface area contributed by atoms with E-state index >= 15 is 0 Å². The minimum absolute atomic E-state index is 0.0113. The number of aryl methyl sites for hydroxylation is 1. The summed E-state index contributed by atoms with van der Waals surface area (Å²) in [5.74, 6) is 0.0914. The maximum Gasteiger partial charge on any atom is 0.248 e. The lowest BCUT2D eigenvalue weighted by molar-refractivity contribution is -0.117. The van der Waals surface area contributed by atoms with E-state index in [0.29, 0.717) is 28.0 Å². The first-order valence-electron chi connectivity index (χ1n) is 9.77. The summed E-state index contributed by atoms with van der Waals surface area (Å²) in [5, 5.41) is 9.82. The van der Waals surface area contributed by atoms with Crippen molar-refractivity contribution in [1.82, 2.24) is 15.3 Å². The molecule has 1 aromatic carbocycles. The number of nitrogens with zero attached hydrogens (tertiary/aromatic N) is 2. The minimum atomic E-state index is -0.512. The molecule has 0 radical (unpaired) electrons. The number of hydrogen-bond acceptors (Lipinski definition) is 6. The summed E-state index contributed by atoms with van der Waals surface area (Å²) in [4.78, 5) is 32.0. The number of anilines is 3. The Balaban J connectivity index is 1.80. The van der Waals surface area contributed by atoms with Gasteiger partial charge in [0.25, 0.3) is 0 Å². The molecule has 1 aromatic heterocycles. The van der Waals surface area contributed by atoms with Gasteiger partial charge in [-0.3, -0.25) is 9.59 Å². The molecule has 1 aliphatic rings. The molecule has 0 unspecified atom stereocenters. The number of hydrogen-bond donors (Lipinski definition) is 4. The molecule has 5 N–H and O–H groups in total. The molecule has 0 aliphatic heterocycles. The third-order valence-electron chi connectivity index (χ3n) is 5.11. The molecule has 1 saturated carbocycles. The molecule has 0 saturated heterocycles. The fourth-order valence-electron chi connectivity index (χ4n) is 3.45. The van der Waals surface area contributed by atoms with Gasteiger partial charge in [0.15, 0.2) is 5.82 Å². The molecular formula is C21H25ClN6O2. The van der Waals surface area contributed by atoms with Crippen molar-refractivity contribution in [3.05, 3.63) is 53.2 Å². The topological polar surface area (TPSA) is 122 Å². The summed E-state index contributed by atoms with van der Waals surface area (Å²) < 4.78 is 0. The van der Waals surface area contributed by atoms with Crippen LogP contribution in [0.1, 0.15) is 41.6 Å². The molecule has 0 bridgehead atoms. The molecule has 30 heavy (non-hydrogen) atoms. The molecule has 1 aliphatic carbocycles. The predicted molar refractivity (Wildman–Crippen MR) is 118 cm³/mol. The zero-order valence-electron chi connectivity index (χ0n) is 16.7. The van der Waals surface area contributed by atoms with Gasteiger partial charge in [0, 0.05) is 23.3 Å². The van der Waals surface area contributed by atoms with Crippen molar-refractivity contribution >= 4 is 40.9 Å². The minimum Gasteiger partial charge on any atom is -0.366 e. The highest BCUT2D eigenvalue weighted by atomic mass is 35.5. The Morgan fingerprint density at radius 2 is 2.00 bits per heavy atom. The molecule has 2 amide bonds. The van der Waals surface area contributed by atoms with Gasteiger partial charge in [-0.05, 0) is 43.5 Å². The van der Waals surface area contributed by atoms with Crippen LogP contribution in [0.25, 0.3) is 0 Å². The molecule has 1 heterocycles. The van der Waals surface area contributed by atoms with Crippen LogP contribution in [-0.2, 0) is 4.79 Å². The summed E-state index contributed by atoms with van der Waals surface area (Å²) in [7, 11) is 0. The lowest BCUT2D eigenvalue weighted by Gasteiger charge is -2.33. The largest absolute Gasteiger partial charge is 0.366 e. The van der Waals surface area contributed by atoms with Gasteiger partial charge in [-0.25, -0.2) is 4.98 Å². The maximum absolute atomic E-state index is 11.8. The number of amides is 2. The highest BCUT2D eigenvalue weighted by molar-refractivity contribution is 6.32. The first kappa shape index (κ1) is 21.6. The molecule has 1 fully saturated rings. The van der Waals surface area contributed by atoms with Crippen molar-refractivity contribution in [2.45, 2.75) is 44.7 Å². The maximum atomic E-state index is 11.8. The first-order chi connectivity index (χ1) is 14.4. The number of aromatic nitrogens is 2. The number of halogens is 1. The number of carbonyl (C=O) groups is 2. The number of nitrogens with two attached hydrogens (primary N) is 1. The molecule has 8 nitrogen and oxygen atoms in total. The molecule has 2 aromatic rings. The second-order valence-corrected chi connectivity index (χ2v) is 7.67. The van der Waals surface area contributed by atoms with Gasteiger partial charge in [-0.1, -0.05) is 37.1 Å². The van der Waals surface area contributed by atoms with E-state index < -0.39 is 5.91 Å². The van der Waals surface area contributed by atoms with Crippen LogP contribution >= 0.6 is 11.6 Å². The lowest BCUT2D eigenvalue weighted by atomic mass is 9.90. The van der Waals surface area contributed by atoms with Crippen molar-refractivity contribution in [3.63, 3.8) is 0 Å². The van der Waals surface area contributed by atoms with E-state index in [0.717, 1.165) is 31.2 Å². The third-order valence-corrected chi connectivity index (χ3v) is 5.39. The zero-order chi connectivity index (χ0) is 21.7. The van der Waals surface area contributed by atoms with Crippen LogP contribution in [0.5, 0.6) is 0 Å². The highest BCUT2D eigenvalue weighted by Gasteiger charge is 2.27. The Kier molecular flexibility index (Phi) is 6.89. The summed E-state index contributed by atoms with van der Waals surface area (Å²) >= 11 is 6.32. The van der Waals surface area contributed by atoms with Crippen LogP contribution in [0.15, 0.2) is 37.1 Å². The van der Waals surface area contributed by atoms with E-state index in [1.54, 1.807) is 18.2 Å². The fraction of sp³-hybridized carbons (Fsp3) is 0.333. The first-order valence-corrected chi connectivity index (χ1v) is 10.1. The van der Waals surface area contributed by atoms with Gasteiger partial charge in [-0.15, -0.1) is 0 Å². The van der Waals surface area contributed by atoms with Crippen LogP contribution in [0, 0.1) is 6.92 Å². The number of benzene rings is 1. The zero-order valence-corrected chi connectivity index (χ0v) is 17.5. The Labute approximate surface area is 180 Å². The van der Waals surface area contributed by atoms with Crippen LogP contribution in [-0.4, -0.2) is 33.9 Å². The summed E-state index contributed by atoms with van der Waals surface area (Å²) in [6.07, 6.45) is 6.61. The summed E-state index contributed by atoms with van der Waals surface area (Å²) in [5.41, 5.74) is 7.34. The molecule has 0 spiro atoms. The smallest absolute Gasteiger partial charge is 0.248 e. The molecular weight excluding hydrogens is 404 g/mol. The summed E-state index contributed by atoms with van der Waals surface area (Å²) in [6.45, 7) is 5.41. The molecule has 3 rings (SSSR count). The van der Waals surface area contributed by atoms with Crippen LogP contribution in [0.2, 0.25) is 5.02 Å². The average Bonchev–Trinajstić information content (AvgIpc) is 2.73. The Morgan fingerprint density at radius 3 is 2.70 bits per heavy atom. The predicted octanol–water partition coefficient (Wildman–Crippen LogP) is 3.31. The average molecular weight is 429 g/mol. The second kappa shape index (κ2) is 9.58. The Hall–Kier alpha value is -3.13. The van der Waals surface area contributed by atoms with Gasteiger partial charge >= 0.3 is 0 Å². The normalized spacial score (nSPS) is 18.3. The number of rotatable bonds is 7. The quantitative estimate of drug-likeness (QED) is 0.502. The van der Waals surface area contributed by atoms with Crippen molar-refractivity contribution in [2.75, 3.05) is 10.6 Å². The lowest BCUT2D eigenvalue weighted by Crippen LogP contribution is -2.48. The van der Waals surface area contributed by atoms with Crippen molar-refractivity contribution in [3.8, 4) is 0 Å². The van der Waals surface area contributed by atoms with E-state index in [-0.39, 0.29) is 18.0 Å². The van der Waals surface area contributed by atoms with Crippen LogP contribution < -0.4 is 21.7 Å². The van der Waals surface area contributed by atoms with Crippen molar-refractivity contribution in [1.29, 1.82) is 0 Å². The molecule has 158 valence electrons. The number of primary amides is 1. The second-order valence-electron chi connectivity index (χ2n) is 7.26. The number of carbonyl (C=O) groups excluding carboxylic acids is 2. The van der Waals surface area contributed by atoms with Gasteiger partial charge in [0.1, 0.15) is 5.02 Å². The molecule has 2 atom stereocenters. The molecule has 9 heteroatoms. The fourth-order valence-corrected chi connectivity index (χ4v) is 3.60. The summed E-state index contributed by atoms with van der Waals surface area (Å²) in [6, 6.07) is 5.07.